The molecule has 0 saturated heterocycles. The number of hydrogen-bond donors (Lipinski definition) is 0. The van der Waals surface area contributed by atoms with Gasteiger partial charge in [0, 0.05) is 33.1 Å². The van der Waals surface area contributed by atoms with Crippen molar-refractivity contribution in [2.45, 2.75) is 57.8 Å². The van der Waals surface area contributed by atoms with Crippen LogP contribution in [0.5, 0.6) is 0 Å². The van der Waals surface area contributed by atoms with E-state index in [2.05, 4.69) is 222 Å². The van der Waals surface area contributed by atoms with Crippen LogP contribution in [0.4, 0.5) is 17.1 Å². The standard InChI is InChI=1S/C57H47N/c1-55(2)48-28-13-9-23-45(48)53-49(55)29-17-31-52(53)58(38-19-15-18-36(34-38)40-24-16-25-44-42-22-8-12-27-47(42)57(5,6)54(40)44)51-30-14-10-20-39(51)37-32-33-43-41-21-7-11-26-46(41)56(3,4)50(43)35-37/h7-35H,1-6H3. The summed E-state index contributed by atoms with van der Waals surface area (Å²) in [5, 5.41) is 0. The van der Waals surface area contributed by atoms with Crippen LogP contribution < -0.4 is 4.90 Å². The number of hydrogen-bond acceptors (Lipinski definition) is 1. The van der Waals surface area contributed by atoms with E-state index >= 15 is 0 Å². The van der Waals surface area contributed by atoms with Gasteiger partial charge in [-0.3, -0.25) is 0 Å². The molecule has 0 unspecified atom stereocenters. The van der Waals surface area contributed by atoms with Gasteiger partial charge in [-0.1, -0.05) is 187 Å². The Morgan fingerprint density at radius 3 is 1.55 bits per heavy atom. The highest BCUT2D eigenvalue weighted by Gasteiger charge is 2.40. The predicted molar refractivity (Wildman–Crippen MR) is 245 cm³/mol. The number of para-hydroxylation sites is 1. The Hall–Kier alpha value is -6.44. The zero-order valence-electron chi connectivity index (χ0n) is 34.2. The van der Waals surface area contributed by atoms with Gasteiger partial charge >= 0.3 is 0 Å². The monoisotopic (exact) mass is 745 g/mol. The molecule has 0 radical (unpaired) electrons. The molecule has 0 N–H and O–H groups in total. The molecule has 8 aromatic rings. The maximum atomic E-state index is 2.55. The van der Waals surface area contributed by atoms with Crippen LogP contribution in [0.25, 0.3) is 55.6 Å². The molecule has 3 aliphatic carbocycles. The van der Waals surface area contributed by atoms with E-state index in [1.165, 1.54) is 94.7 Å². The van der Waals surface area contributed by atoms with Crippen molar-refractivity contribution in [1.29, 1.82) is 0 Å². The van der Waals surface area contributed by atoms with Crippen LogP contribution in [0.2, 0.25) is 0 Å². The second kappa shape index (κ2) is 12.3. The molecule has 0 bridgehead atoms. The second-order valence-corrected chi connectivity index (χ2v) is 18.1. The highest BCUT2D eigenvalue weighted by Crippen LogP contribution is 2.57. The minimum absolute atomic E-state index is 0.0934. The Labute approximate surface area is 343 Å². The maximum Gasteiger partial charge on any atom is 0.0543 e. The first-order chi connectivity index (χ1) is 28.1. The quantitative estimate of drug-likeness (QED) is 0.170. The molecular formula is C57H47N. The van der Waals surface area contributed by atoms with Crippen molar-refractivity contribution in [2.24, 2.45) is 0 Å². The van der Waals surface area contributed by atoms with Gasteiger partial charge in [0.15, 0.2) is 0 Å². The lowest BCUT2D eigenvalue weighted by atomic mass is 9.79. The highest BCUT2D eigenvalue weighted by molar-refractivity contribution is 5.99. The Balaban J connectivity index is 1.15. The summed E-state index contributed by atoms with van der Waals surface area (Å²) < 4.78 is 0. The summed E-state index contributed by atoms with van der Waals surface area (Å²) in [6.07, 6.45) is 0. The van der Waals surface area contributed by atoms with Crippen LogP contribution in [-0.4, -0.2) is 0 Å². The van der Waals surface area contributed by atoms with E-state index in [1.807, 2.05) is 0 Å². The fraction of sp³-hybridized carbons (Fsp3) is 0.158. The van der Waals surface area contributed by atoms with Crippen molar-refractivity contribution in [3.8, 4) is 55.6 Å². The molecule has 11 rings (SSSR count). The van der Waals surface area contributed by atoms with E-state index in [0.717, 1.165) is 11.4 Å². The number of nitrogens with zero attached hydrogens (tertiary/aromatic N) is 1. The molecule has 3 aliphatic rings. The van der Waals surface area contributed by atoms with Crippen LogP contribution in [0.15, 0.2) is 176 Å². The van der Waals surface area contributed by atoms with E-state index < -0.39 is 0 Å². The van der Waals surface area contributed by atoms with Crippen molar-refractivity contribution in [3.05, 3.63) is 209 Å². The van der Waals surface area contributed by atoms with Crippen molar-refractivity contribution < 1.29 is 0 Å². The van der Waals surface area contributed by atoms with E-state index in [4.69, 9.17) is 0 Å². The van der Waals surface area contributed by atoms with Crippen molar-refractivity contribution in [3.63, 3.8) is 0 Å². The number of anilines is 3. The lowest BCUT2D eigenvalue weighted by Crippen LogP contribution is -2.17. The van der Waals surface area contributed by atoms with Gasteiger partial charge in [-0.2, -0.15) is 0 Å². The molecule has 58 heavy (non-hydrogen) atoms. The fourth-order valence-corrected chi connectivity index (χ4v) is 11.0. The van der Waals surface area contributed by atoms with Crippen LogP contribution in [0, 0.1) is 0 Å². The van der Waals surface area contributed by atoms with Crippen LogP contribution in [0.1, 0.15) is 74.9 Å². The molecule has 0 saturated carbocycles. The number of fused-ring (bicyclic) bond motifs is 9. The van der Waals surface area contributed by atoms with Gasteiger partial charge in [-0.25, -0.2) is 0 Å². The lowest BCUT2D eigenvalue weighted by molar-refractivity contribution is 0.660. The summed E-state index contributed by atoms with van der Waals surface area (Å²) in [6, 6.07) is 66.2. The molecule has 0 fully saturated rings. The third-order valence-electron chi connectivity index (χ3n) is 13.9. The number of benzene rings is 8. The van der Waals surface area contributed by atoms with Gasteiger partial charge in [0.25, 0.3) is 0 Å². The minimum Gasteiger partial charge on any atom is -0.309 e. The summed E-state index contributed by atoms with van der Waals surface area (Å²) in [6.45, 7) is 14.3. The molecule has 1 nitrogen and oxygen atoms in total. The van der Waals surface area contributed by atoms with E-state index in [-0.39, 0.29) is 16.2 Å². The molecule has 0 spiro atoms. The SMILES string of the molecule is CC1(C)c2ccccc2-c2ccc(-c3ccccc3N(c3cccc(-c4cccc5c4C(C)(C)c4ccccc4-5)c3)c3cccc4c3-c3ccccc3C4(C)C)cc21. The van der Waals surface area contributed by atoms with E-state index in [9.17, 15) is 0 Å². The molecule has 0 atom stereocenters. The van der Waals surface area contributed by atoms with Crippen molar-refractivity contribution in [2.75, 3.05) is 4.90 Å². The van der Waals surface area contributed by atoms with Crippen LogP contribution in [-0.2, 0) is 16.2 Å². The smallest absolute Gasteiger partial charge is 0.0543 e. The first kappa shape index (κ1) is 34.8. The topological polar surface area (TPSA) is 3.24 Å². The average molecular weight is 746 g/mol. The third-order valence-corrected chi connectivity index (χ3v) is 13.9. The van der Waals surface area contributed by atoms with Gasteiger partial charge < -0.3 is 4.90 Å². The maximum absolute atomic E-state index is 2.55. The Bertz CT molecular complexity index is 2990. The van der Waals surface area contributed by atoms with Crippen LogP contribution in [0.3, 0.4) is 0 Å². The molecule has 0 amide bonds. The molecule has 8 aromatic carbocycles. The molecule has 0 heterocycles. The molecule has 280 valence electrons. The second-order valence-electron chi connectivity index (χ2n) is 18.1. The fourth-order valence-electron chi connectivity index (χ4n) is 11.0. The van der Waals surface area contributed by atoms with E-state index in [0.29, 0.717) is 0 Å². The first-order valence-corrected chi connectivity index (χ1v) is 20.8. The van der Waals surface area contributed by atoms with Crippen molar-refractivity contribution in [1.82, 2.24) is 0 Å². The normalized spacial score (nSPS) is 15.5. The predicted octanol–water partition coefficient (Wildman–Crippen LogP) is 15.4. The van der Waals surface area contributed by atoms with Crippen molar-refractivity contribution >= 4 is 17.1 Å². The summed E-state index contributed by atoms with van der Waals surface area (Å²) >= 11 is 0. The van der Waals surface area contributed by atoms with E-state index in [1.54, 1.807) is 0 Å². The average Bonchev–Trinajstić information content (AvgIpc) is 3.74. The minimum atomic E-state index is -0.124. The Morgan fingerprint density at radius 1 is 0.310 bits per heavy atom. The molecule has 1 heteroatoms. The Kier molecular flexibility index (Phi) is 7.36. The molecular weight excluding hydrogens is 699 g/mol. The van der Waals surface area contributed by atoms with Gasteiger partial charge in [0.1, 0.15) is 0 Å². The largest absolute Gasteiger partial charge is 0.309 e. The number of rotatable bonds is 5. The van der Waals surface area contributed by atoms with Gasteiger partial charge in [-0.05, 0) is 108 Å². The summed E-state index contributed by atoms with van der Waals surface area (Å²) in [5.41, 5.74) is 24.4. The highest BCUT2D eigenvalue weighted by atomic mass is 15.1. The lowest BCUT2D eigenvalue weighted by Gasteiger charge is -2.31. The van der Waals surface area contributed by atoms with Gasteiger partial charge in [0.2, 0.25) is 0 Å². The summed E-state index contributed by atoms with van der Waals surface area (Å²) in [7, 11) is 0. The summed E-state index contributed by atoms with van der Waals surface area (Å²) in [5.74, 6) is 0. The van der Waals surface area contributed by atoms with Crippen LogP contribution >= 0.6 is 0 Å². The van der Waals surface area contributed by atoms with Gasteiger partial charge in [0.05, 0.1) is 11.4 Å². The molecule has 0 aromatic heterocycles. The zero-order valence-corrected chi connectivity index (χ0v) is 34.2. The van der Waals surface area contributed by atoms with Gasteiger partial charge in [-0.15, -0.1) is 0 Å². The third kappa shape index (κ3) is 4.77. The zero-order chi connectivity index (χ0) is 39.6. The summed E-state index contributed by atoms with van der Waals surface area (Å²) in [4.78, 5) is 2.55. The Morgan fingerprint density at radius 2 is 0.793 bits per heavy atom. The molecule has 0 aliphatic heterocycles. The first-order valence-electron chi connectivity index (χ1n) is 20.8.